The molecule has 1 amide bonds. The maximum atomic E-state index is 12.5. The number of anilines is 1. The number of aromatic nitrogens is 3. The molecule has 0 fully saturated rings. The Kier molecular flexibility index (Phi) is 4.41. The molecule has 1 unspecified atom stereocenters. The summed E-state index contributed by atoms with van der Waals surface area (Å²) in [5.41, 5.74) is 3.60. The summed E-state index contributed by atoms with van der Waals surface area (Å²) in [6.07, 6.45) is 0.655. The Morgan fingerprint density at radius 2 is 2.09 bits per heavy atom. The summed E-state index contributed by atoms with van der Waals surface area (Å²) in [5.74, 6) is 0.757. The second-order valence-electron chi connectivity index (χ2n) is 7.84. The van der Waals surface area contributed by atoms with E-state index in [2.05, 4.69) is 25.6 Å². The van der Waals surface area contributed by atoms with Gasteiger partial charge in [-0.3, -0.25) is 4.79 Å². The van der Waals surface area contributed by atoms with Gasteiger partial charge in [0.1, 0.15) is 5.58 Å². The van der Waals surface area contributed by atoms with Gasteiger partial charge in [0.05, 0.1) is 41.1 Å². The van der Waals surface area contributed by atoms with Crippen molar-refractivity contribution < 1.29 is 18.7 Å². The molecule has 5 heterocycles. The fourth-order valence-corrected chi connectivity index (χ4v) is 4.30. The number of rotatable bonds is 2. The lowest BCUT2D eigenvalue weighted by molar-refractivity contribution is 0.0920. The minimum absolute atomic E-state index is 0.0113. The van der Waals surface area contributed by atoms with Crippen LogP contribution in [0, 0.1) is 0 Å². The summed E-state index contributed by atoms with van der Waals surface area (Å²) in [5, 5.41) is 8.03. The highest BCUT2D eigenvalue weighted by molar-refractivity contribution is 6.28. The van der Waals surface area contributed by atoms with Crippen LogP contribution in [0.1, 0.15) is 28.7 Å². The van der Waals surface area contributed by atoms with E-state index in [0.717, 1.165) is 22.0 Å². The maximum Gasteiger partial charge on any atom is 0.289 e. The number of benzene rings is 1. The Morgan fingerprint density at radius 3 is 3.00 bits per heavy atom. The van der Waals surface area contributed by atoms with Crippen molar-refractivity contribution in [3.8, 4) is 11.8 Å². The molecule has 2 aliphatic rings. The second kappa shape index (κ2) is 7.32. The van der Waals surface area contributed by atoms with E-state index in [1.54, 1.807) is 12.1 Å². The van der Waals surface area contributed by atoms with E-state index in [1.807, 2.05) is 19.1 Å². The van der Waals surface area contributed by atoms with Crippen LogP contribution in [0.5, 0.6) is 11.8 Å². The van der Waals surface area contributed by atoms with Crippen LogP contribution in [0.15, 0.2) is 28.7 Å². The number of carbonyl (C=O) groups is 1. The van der Waals surface area contributed by atoms with Gasteiger partial charge in [0.25, 0.3) is 5.91 Å². The van der Waals surface area contributed by atoms with E-state index in [4.69, 9.17) is 25.5 Å². The molecular weight excluding hydrogens is 434 g/mol. The Morgan fingerprint density at radius 1 is 1.19 bits per heavy atom. The van der Waals surface area contributed by atoms with Gasteiger partial charge < -0.3 is 24.5 Å². The van der Waals surface area contributed by atoms with Gasteiger partial charge in [-0.1, -0.05) is 0 Å². The lowest BCUT2D eigenvalue weighted by atomic mass is 10.1. The number of ether oxygens (including phenoxy) is 2. The molecule has 0 saturated carbocycles. The molecule has 1 atom stereocenters. The van der Waals surface area contributed by atoms with Crippen LogP contribution in [0.2, 0.25) is 5.28 Å². The minimum Gasteiger partial charge on any atom is -0.449 e. The molecule has 0 spiro atoms. The van der Waals surface area contributed by atoms with E-state index in [0.29, 0.717) is 54.7 Å². The predicted octanol–water partition coefficient (Wildman–Crippen LogP) is 3.83. The molecule has 1 aromatic carbocycles. The van der Waals surface area contributed by atoms with Crippen LogP contribution >= 0.6 is 11.6 Å². The topological polar surface area (TPSA) is 111 Å². The Labute approximate surface area is 187 Å². The normalized spacial score (nSPS) is 17.9. The maximum absolute atomic E-state index is 12.5. The number of nitrogens with zero attached hydrogens (tertiary/aromatic N) is 3. The number of hydrogen-bond donors (Lipinski definition) is 2. The smallest absolute Gasteiger partial charge is 0.289 e. The molecule has 3 aromatic heterocycles. The molecule has 9 nitrogen and oxygen atoms in total. The van der Waals surface area contributed by atoms with E-state index >= 15 is 0 Å². The quantitative estimate of drug-likeness (QED) is 0.442. The highest BCUT2D eigenvalue weighted by atomic mass is 35.5. The molecule has 10 heteroatoms. The number of halogens is 1. The van der Waals surface area contributed by atoms with Crippen LogP contribution in [0.25, 0.3) is 21.9 Å². The van der Waals surface area contributed by atoms with E-state index in [1.165, 1.54) is 0 Å². The molecule has 2 aliphatic heterocycles. The molecule has 0 bridgehead atoms. The molecule has 6 rings (SSSR count). The number of carbonyl (C=O) groups excluding carboxylic acids is 1. The van der Waals surface area contributed by atoms with E-state index in [9.17, 15) is 4.79 Å². The van der Waals surface area contributed by atoms with Gasteiger partial charge in [0, 0.05) is 30.5 Å². The summed E-state index contributed by atoms with van der Waals surface area (Å²) >= 11 is 6.09. The van der Waals surface area contributed by atoms with Crippen molar-refractivity contribution in [1.82, 2.24) is 20.3 Å². The molecule has 0 aliphatic carbocycles. The lowest BCUT2D eigenvalue weighted by Gasteiger charge is -2.18. The molecule has 0 radical (unpaired) electrons. The minimum atomic E-state index is -0.234. The molecule has 162 valence electrons. The average Bonchev–Trinajstić information content (AvgIpc) is 3.10. The van der Waals surface area contributed by atoms with Gasteiger partial charge in [-0.15, -0.1) is 0 Å². The van der Waals surface area contributed by atoms with Crippen molar-refractivity contribution in [2.24, 2.45) is 0 Å². The Balaban J connectivity index is 1.44. The molecular formula is C22H18ClN5O4. The third-order valence-corrected chi connectivity index (χ3v) is 5.79. The standard InChI is InChI=1S/C22H18ClN5O4/c1-10-8-24-18-17-11-2-5-16(26-13(11)3-4-15(17)31-19(18)20(29)25-10)32-21-12-9-30-7-6-14(12)27-22(23)28-21/h2-5,10,24H,6-9H2,1H3,(H,25,29). The van der Waals surface area contributed by atoms with Crippen molar-refractivity contribution in [3.05, 3.63) is 46.6 Å². The summed E-state index contributed by atoms with van der Waals surface area (Å²) in [4.78, 5) is 25.7. The Bertz CT molecular complexity index is 1400. The van der Waals surface area contributed by atoms with Gasteiger partial charge in [-0.2, -0.15) is 4.98 Å². The first-order chi connectivity index (χ1) is 15.6. The van der Waals surface area contributed by atoms with Crippen LogP contribution in [0.3, 0.4) is 0 Å². The molecule has 4 aromatic rings. The van der Waals surface area contributed by atoms with Gasteiger partial charge in [0.15, 0.2) is 0 Å². The van der Waals surface area contributed by atoms with Gasteiger partial charge >= 0.3 is 0 Å². The van der Waals surface area contributed by atoms with E-state index in [-0.39, 0.29) is 23.0 Å². The summed E-state index contributed by atoms with van der Waals surface area (Å²) in [6.45, 7) is 3.48. The van der Waals surface area contributed by atoms with Crippen LogP contribution in [0.4, 0.5) is 5.69 Å². The zero-order chi connectivity index (χ0) is 21.8. The number of fused-ring (bicyclic) bond motifs is 6. The lowest BCUT2D eigenvalue weighted by Crippen LogP contribution is -2.34. The number of hydrogen-bond acceptors (Lipinski definition) is 8. The van der Waals surface area contributed by atoms with Crippen molar-refractivity contribution in [1.29, 1.82) is 0 Å². The van der Waals surface area contributed by atoms with Crippen molar-refractivity contribution in [2.75, 3.05) is 18.5 Å². The highest BCUT2D eigenvalue weighted by Crippen LogP contribution is 2.38. The van der Waals surface area contributed by atoms with Gasteiger partial charge in [-0.25, -0.2) is 9.97 Å². The SMILES string of the molecule is CC1CNc2c(oc3ccc4nc(Oc5nc(Cl)nc6c5COCC6)ccc4c23)C(=O)N1. The largest absolute Gasteiger partial charge is 0.449 e. The van der Waals surface area contributed by atoms with Crippen molar-refractivity contribution in [3.63, 3.8) is 0 Å². The summed E-state index contributed by atoms with van der Waals surface area (Å²) in [6, 6.07) is 7.28. The van der Waals surface area contributed by atoms with Gasteiger partial charge in [0.2, 0.25) is 22.8 Å². The predicted molar refractivity (Wildman–Crippen MR) is 117 cm³/mol. The number of furan rings is 1. The van der Waals surface area contributed by atoms with Crippen molar-refractivity contribution in [2.45, 2.75) is 26.0 Å². The van der Waals surface area contributed by atoms with Gasteiger partial charge in [-0.05, 0) is 36.7 Å². The van der Waals surface area contributed by atoms with Crippen LogP contribution in [-0.2, 0) is 17.8 Å². The fourth-order valence-electron chi connectivity index (χ4n) is 4.12. The number of nitrogens with one attached hydrogen (secondary N) is 2. The molecule has 32 heavy (non-hydrogen) atoms. The fraction of sp³-hybridized carbons (Fsp3) is 0.273. The highest BCUT2D eigenvalue weighted by Gasteiger charge is 2.27. The number of amides is 1. The first-order valence-electron chi connectivity index (χ1n) is 10.3. The van der Waals surface area contributed by atoms with Crippen LogP contribution < -0.4 is 15.4 Å². The zero-order valence-electron chi connectivity index (χ0n) is 17.1. The van der Waals surface area contributed by atoms with Crippen molar-refractivity contribution >= 4 is 45.1 Å². The monoisotopic (exact) mass is 451 g/mol. The first-order valence-corrected chi connectivity index (χ1v) is 10.7. The zero-order valence-corrected chi connectivity index (χ0v) is 17.8. The summed E-state index contributed by atoms with van der Waals surface area (Å²) < 4.78 is 17.4. The second-order valence-corrected chi connectivity index (χ2v) is 8.18. The summed E-state index contributed by atoms with van der Waals surface area (Å²) in [7, 11) is 0. The first kappa shape index (κ1) is 19.3. The average molecular weight is 452 g/mol. The molecule has 2 N–H and O–H groups in total. The Hall–Kier alpha value is -3.43. The molecule has 0 saturated heterocycles. The van der Waals surface area contributed by atoms with Crippen LogP contribution in [-0.4, -0.2) is 40.1 Å². The third-order valence-electron chi connectivity index (χ3n) is 5.62. The van der Waals surface area contributed by atoms with E-state index < -0.39 is 0 Å². The third kappa shape index (κ3) is 3.12. The number of pyridine rings is 1.